The van der Waals surface area contributed by atoms with E-state index >= 15 is 0 Å². The van der Waals surface area contributed by atoms with E-state index in [1.165, 1.54) is 25.7 Å². The van der Waals surface area contributed by atoms with Crippen LogP contribution in [0.2, 0.25) is 0 Å². The normalized spacial score (nSPS) is 10.1. The Morgan fingerprint density at radius 3 is 2.29 bits per heavy atom. The van der Waals surface area contributed by atoms with Crippen LogP contribution in [0.25, 0.3) is 0 Å². The van der Waals surface area contributed by atoms with Gasteiger partial charge in [0.2, 0.25) is 0 Å². The van der Waals surface area contributed by atoms with E-state index in [4.69, 9.17) is 0 Å². The van der Waals surface area contributed by atoms with E-state index in [-0.39, 0.29) is 5.78 Å². The van der Waals surface area contributed by atoms with Crippen LogP contribution in [0, 0.1) is 6.42 Å². The van der Waals surface area contributed by atoms with Crippen LogP contribution in [0.15, 0.2) is 0 Å². The molecule has 0 bridgehead atoms. The van der Waals surface area contributed by atoms with Crippen LogP contribution in [0.4, 0.5) is 0 Å². The predicted octanol–water partition coefficient (Wildman–Crippen LogP) is 3.10. The van der Waals surface area contributed by atoms with Crippen LogP contribution in [-0.4, -0.2) is 12.1 Å². The first-order chi connectivity index (χ1) is 6.81. The van der Waals surface area contributed by atoms with E-state index in [9.17, 15) is 9.59 Å². The summed E-state index contributed by atoms with van der Waals surface area (Å²) in [5.41, 5.74) is 0. The fraction of sp³-hybridized carbons (Fsp3) is 0.750. The molecule has 0 amide bonds. The van der Waals surface area contributed by atoms with E-state index < -0.39 is 0 Å². The van der Waals surface area contributed by atoms with Crippen LogP contribution in [-0.2, 0) is 9.59 Å². The summed E-state index contributed by atoms with van der Waals surface area (Å²) in [5, 5.41) is 0. The lowest BCUT2D eigenvalue weighted by molar-refractivity contribution is -0.129. The SMILES string of the molecule is CCCCC[CH]CCCCC(=O)C=O. The second-order valence-corrected chi connectivity index (χ2v) is 3.61. The lowest BCUT2D eigenvalue weighted by Crippen LogP contribution is -1.97. The van der Waals surface area contributed by atoms with Crippen LogP contribution in [0.3, 0.4) is 0 Å². The van der Waals surface area contributed by atoms with Gasteiger partial charge in [-0.05, 0) is 12.8 Å². The lowest BCUT2D eigenvalue weighted by Gasteiger charge is -1.99. The summed E-state index contributed by atoms with van der Waals surface area (Å²) in [5.74, 6) is -0.268. The number of unbranched alkanes of at least 4 members (excludes halogenated alkanes) is 7. The summed E-state index contributed by atoms with van der Waals surface area (Å²) in [7, 11) is 0. The Kier molecular flexibility index (Phi) is 9.93. The number of hydrogen-bond acceptors (Lipinski definition) is 2. The van der Waals surface area contributed by atoms with Gasteiger partial charge in [-0.15, -0.1) is 0 Å². The lowest BCUT2D eigenvalue weighted by atomic mass is 10.1. The molecular formula is C12H21O2. The number of hydrogen-bond donors (Lipinski definition) is 0. The maximum atomic E-state index is 10.6. The van der Waals surface area contributed by atoms with E-state index in [0.29, 0.717) is 12.7 Å². The largest absolute Gasteiger partial charge is 0.295 e. The van der Waals surface area contributed by atoms with E-state index in [0.717, 1.165) is 19.3 Å². The van der Waals surface area contributed by atoms with Crippen molar-refractivity contribution in [3.8, 4) is 0 Å². The number of carbonyl (C=O) groups excluding carboxylic acids is 2. The molecular weight excluding hydrogens is 176 g/mol. The highest BCUT2D eigenvalue weighted by molar-refractivity contribution is 6.24. The molecule has 0 unspecified atom stereocenters. The maximum Gasteiger partial charge on any atom is 0.195 e. The highest BCUT2D eigenvalue weighted by Crippen LogP contribution is 2.08. The van der Waals surface area contributed by atoms with Crippen molar-refractivity contribution < 1.29 is 9.59 Å². The Balaban J connectivity index is 2.99. The Morgan fingerprint density at radius 2 is 1.71 bits per heavy atom. The van der Waals surface area contributed by atoms with Crippen molar-refractivity contribution in [3.05, 3.63) is 6.42 Å². The summed E-state index contributed by atoms with van der Waals surface area (Å²) >= 11 is 0. The highest BCUT2D eigenvalue weighted by atomic mass is 16.2. The van der Waals surface area contributed by atoms with E-state index in [2.05, 4.69) is 13.3 Å². The summed E-state index contributed by atoms with van der Waals surface area (Å²) in [6.07, 6.45) is 11.1. The molecule has 14 heavy (non-hydrogen) atoms. The van der Waals surface area contributed by atoms with Crippen molar-refractivity contribution in [1.82, 2.24) is 0 Å². The van der Waals surface area contributed by atoms with Crippen molar-refractivity contribution in [2.45, 2.75) is 58.3 Å². The van der Waals surface area contributed by atoms with E-state index in [1.54, 1.807) is 0 Å². The zero-order valence-electron chi connectivity index (χ0n) is 9.13. The highest BCUT2D eigenvalue weighted by Gasteiger charge is 1.98. The summed E-state index contributed by atoms with van der Waals surface area (Å²) < 4.78 is 0. The molecule has 0 fully saturated rings. The summed E-state index contributed by atoms with van der Waals surface area (Å²) in [6, 6.07) is 0. The molecule has 0 heterocycles. The van der Waals surface area contributed by atoms with Crippen LogP contribution >= 0.6 is 0 Å². The van der Waals surface area contributed by atoms with Gasteiger partial charge in [0.25, 0.3) is 0 Å². The first kappa shape index (κ1) is 13.3. The molecule has 0 rings (SSSR count). The molecule has 0 saturated carbocycles. The fourth-order valence-corrected chi connectivity index (χ4v) is 1.33. The molecule has 0 aromatic heterocycles. The number of aldehydes is 1. The van der Waals surface area contributed by atoms with Crippen molar-refractivity contribution in [2.75, 3.05) is 0 Å². The van der Waals surface area contributed by atoms with Gasteiger partial charge in [0.05, 0.1) is 0 Å². The number of carbonyl (C=O) groups is 2. The molecule has 0 aromatic rings. The van der Waals surface area contributed by atoms with Gasteiger partial charge in [-0.3, -0.25) is 9.59 Å². The minimum absolute atomic E-state index is 0.268. The zero-order valence-corrected chi connectivity index (χ0v) is 9.13. The Hall–Kier alpha value is -0.660. The molecule has 0 aliphatic carbocycles. The zero-order chi connectivity index (χ0) is 10.6. The van der Waals surface area contributed by atoms with Crippen LogP contribution in [0.5, 0.6) is 0 Å². The third-order valence-corrected chi connectivity index (χ3v) is 2.22. The quantitative estimate of drug-likeness (QED) is 0.306. The Bertz CT molecular complexity index is 152. The predicted molar refractivity (Wildman–Crippen MR) is 58.0 cm³/mol. The second kappa shape index (κ2) is 10.4. The monoisotopic (exact) mass is 197 g/mol. The summed E-state index contributed by atoms with van der Waals surface area (Å²) in [4.78, 5) is 20.6. The minimum Gasteiger partial charge on any atom is -0.295 e. The molecule has 1 radical (unpaired) electrons. The van der Waals surface area contributed by atoms with Crippen molar-refractivity contribution >= 4 is 12.1 Å². The first-order valence-electron chi connectivity index (χ1n) is 5.61. The van der Waals surface area contributed by atoms with Gasteiger partial charge in [-0.1, -0.05) is 45.4 Å². The van der Waals surface area contributed by atoms with E-state index in [1.807, 2.05) is 0 Å². The maximum absolute atomic E-state index is 10.6. The van der Waals surface area contributed by atoms with Gasteiger partial charge in [-0.2, -0.15) is 0 Å². The number of Topliss-reactive ketones (excluding diaryl/α,β-unsaturated/α-hetero) is 1. The smallest absolute Gasteiger partial charge is 0.195 e. The van der Waals surface area contributed by atoms with Crippen molar-refractivity contribution in [3.63, 3.8) is 0 Å². The number of rotatable bonds is 10. The Morgan fingerprint density at radius 1 is 1.07 bits per heavy atom. The van der Waals surface area contributed by atoms with Gasteiger partial charge in [0.15, 0.2) is 12.1 Å². The van der Waals surface area contributed by atoms with Gasteiger partial charge in [-0.25, -0.2) is 0 Å². The number of ketones is 1. The third kappa shape index (κ3) is 9.43. The molecule has 0 aromatic carbocycles. The summed E-state index contributed by atoms with van der Waals surface area (Å²) in [6.45, 7) is 2.20. The van der Waals surface area contributed by atoms with Gasteiger partial charge < -0.3 is 0 Å². The van der Waals surface area contributed by atoms with Crippen molar-refractivity contribution in [2.24, 2.45) is 0 Å². The fourth-order valence-electron chi connectivity index (χ4n) is 1.33. The van der Waals surface area contributed by atoms with Gasteiger partial charge in [0.1, 0.15) is 0 Å². The molecule has 0 aliphatic heterocycles. The molecule has 0 spiro atoms. The molecule has 2 heteroatoms. The van der Waals surface area contributed by atoms with Crippen LogP contribution < -0.4 is 0 Å². The van der Waals surface area contributed by atoms with Gasteiger partial charge >= 0.3 is 0 Å². The Labute approximate surface area is 87.1 Å². The third-order valence-electron chi connectivity index (χ3n) is 2.22. The average molecular weight is 197 g/mol. The molecule has 2 nitrogen and oxygen atoms in total. The average Bonchev–Trinajstić information content (AvgIpc) is 2.21. The molecule has 0 saturated heterocycles. The molecule has 81 valence electrons. The first-order valence-corrected chi connectivity index (χ1v) is 5.61. The van der Waals surface area contributed by atoms with Crippen molar-refractivity contribution in [1.29, 1.82) is 0 Å². The topological polar surface area (TPSA) is 34.1 Å². The molecule has 0 atom stereocenters. The van der Waals surface area contributed by atoms with Crippen LogP contribution in [0.1, 0.15) is 58.3 Å². The molecule has 0 N–H and O–H groups in total. The second-order valence-electron chi connectivity index (χ2n) is 3.61. The minimum atomic E-state index is -0.268. The van der Waals surface area contributed by atoms with Gasteiger partial charge in [0, 0.05) is 6.42 Å². The molecule has 0 aliphatic rings. The standard InChI is InChI=1S/C12H21O2/c1-2-3-4-5-6-7-8-9-10-12(14)11-13/h6,11H,2-5,7-10H2,1H3.